The monoisotopic (exact) mass is 204 g/mol. The van der Waals surface area contributed by atoms with Crippen LogP contribution in [0.3, 0.4) is 0 Å². The van der Waals surface area contributed by atoms with Crippen molar-refractivity contribution in [3.63, 3.8) is 0 Å². The van der Waals surface area contributed by atoms with Crippen molar-refractivity contribution in [2.45, 2.75) is 18.9 Å². The molecule has 0 aliphatic heterocycles. The number of methoxy groups -OCH3 is 1. The van der Waals surface area contributed by atoms with Gasteiger partial charge in [0.05, 0.1) is 18.9 Å². The summed E-state index contributed by atoms with van der Waals surface area (Å²) in [4.78, 5) is 21.2. The summed E-state index contributed by atoms with van der Waals surface area (Å²) in [5, 5.41) is 10.8. The van der Waals surface area contributed by atoms with E-state index in [0.717, 1.165) is 0 Å². The summed E-state index contributed by atoms with van der Waals surface area (Å²) in [7, 11) is 1.47. The van der Waals surface area contributed by atoms with Crippen LogP contribution >= 0.6 is 0 Å². The Labute approximate surface area is 82.4 Å². The molecule has 82 valence electrons. The average Bonchev–Trinajstić information content (AvgIpc) is 2.13. The number of carbonyl (C=O) groups is 2. The van der Waals surface area contributed by atoms with Crippen LogP contribution in [0.5, 0.6) is 0 Å². The smallest absolute Gasteiger partial charge is 0.305 e. The van der Waals surface area contributed by atoms with Gasteiger partial charge in [-0.25, -0.2) is 0 Å². The number of nitrogens with two attached hydrogens (primary N) is 1. The van der Waals surface area contributed by atoms with Crippen molar-refractivity contribution < 1.29 is 19.4 Å². The number of nitrogens with one attached hydrogen (secondary N) is 1. The van der Waals surface area contributed by atoms with Crippen LogP contribution in [-0.4, -0.2) is 43.3 Å². The number of carboxylic acid groups (broad SMARTS) is 1. The fourth-order valence-electron chi connectivity index (χ4n) is 0.851. The third kappa shape index (κ3) is 6.38. The summed E-state index contributed by atoms with van der Waals surface area (Å²) in [6, 6.07) is 0. The summed E-state index contributed by atoms with van der Waals surface area (Å²) >= 11 is 0. The van der Waals surface area contributed by atoms with E-state index in [2.05, 4.69) is 5.32 Å². The lowest BCUT2D eigenvalue weighted by Crippen LogP contribution is -2.33. The van der Waals surface area contributed by atoms with Crippen molar-refractivity contribution in [1.82, 2.24) is 5.32 Å². The van der Waals surface area contributed by atoms with Gasteiger partial charge in [-0.1, -0.05) is 0 Å². The van der Waals surface area contributed by atoms with E-state index in [1.165, 1.54) is 7.11 Å². The molecule has 14 heavy (non-hydrogen) atoms. The van der Waals surface area contributed by atoms with Crippen LogP contribution in [0, 0.1) is 0 Å². The van der Waals surface area contributed by atoms with E-state index in [1.807, 2.05) is 0 Å². The molecule has 0 aromatic carbocycles. The van der Waals surface area contributed by atoms with Gasteiger partial charge in [0.15, 0.2) is 0 Å². The molecular formula is C8H16N2O4. The maximum absolute atomic E-state index is 11.1. The molecular weight excluding hydrogens is 188 g/mol. The Morgan fingerprint density at radius 2 is 2.21 bits per heavy atom. The minimum Gasteiger partial charge on any atom is -0.481 e. The SMILES string of the molecule is COC(CN)CC(=O)NCCC(=O)O. The second kappa shape index (κ2) is 7.28. The maximum Gasteiger partial charge on any atom is 0.305 e. The molecule has 0 aromatic heterocycles. The lowest BCUT2D eigenvalue weighted by Gasteiger charge is -2.11. The third-order valence-corrected chi connectivity index (χ3v) is 1.67. The van der Waals surface area contributed by atoms with Crippen molar-refractivity contribution in [2.75, 3.05) is 20.2 Å². The van der Waals surface area contributed by atoms with Crippen molar-refractivity contribution in [3.8, 4) is 0 Å². The van der Waals surface area contributed by atoms with Gasteiger partial charge in [0.1, 0.15) is 0 Å². The van der Waals surface area contributed by atoms with E-state index in [-0.39, 0.29) is 37.9 Å². The number of amides is 1. The molecule has 0 heterocycles. The number of carboxylic acids is 1. The van der Waals surface area contributed by atoms with Crippen LogP contribution in [0.2, 0.25) is 0 Å². The van der Waals surface area contributed by atoms with Crippen molar-refractivity contribution in [1.29, 1.82) is 0 Å². The predicted molar refractivity (Wildman–Crippen MR) is 49.7 cm³/mol. The molecule has 0 aliphatic carbocycles. The fourth-order valence-corrected chi connectivity index (χ4v) is 0.851. The molecule has 6 nitrogen and oxygen atoms in total. The molecule has 0 rings (SSSR count). The first-order valence-corrected chi connectivity index (χ1v) is 4.31. The van der Waals surface area contributed by atoms with Crippen LogP contribution in [-0.2, 0) is 14.3 Å². The van der Waals surface area contributed by atoms with Gasteiger partial charge >= 0.3 is 5.97 Å². The topological polar surface area (TPSA) is 102 Å². The van der Waals surface area contributed by atoms with Crippen LogP contribution < -0.4 is 11.1 Å². The van der Waals surface area contributed by atoms with Gasteiger partial charge in [0.2, 0.25) is 5.91 Å². The molecule has 0 saturated heterocycles. The van der Waals surface area contributed by atoms with E-state index in [0.29, 0.717) is 0 Å². The molecule has 0 radical (unpaired) electrons. The zero-order valence-electron chi connectivity index (χ0n) is 8.16. The van der Waals surface area contributed by atoms with Crippen LogP contribution in [0.25, 0.3) is 0 Å². The highest BCUT2D eigenvalue weighted by molar-refractivity contribution is 5.77. The van der Waals surface area contributed by atoms with Crippen LogP contribution in [0.15, 0.2) is 0 Å². The van der Waals surface area contributed by atoms with E-state index in [4.69, 9.17) is 15.6 Å². The Balaban J connectivity index is 3.59. The first-order valence-electron chi connectivity index (χ1n) is 4.31. The molecule has 0 spiro atoms. The van der Waals surface area contributed by atoms with Gasteiger partial charge in [-0.05, 0) is 0 Å². The van der Waals surface area contributed by atoms with E-state index >= 15 is 0 Å². The zero-order valence-corrected chi connectivity index (χ0v) is 8.16. The molecule has 0 fully saturated rings. The fraction of sp³-hybridized carbons (Fsp3) is 0.750. The molecule has 6 heteroatoms. The Bertz CT molecular complexity index is 192. The highest BCUT2D eigenvalue weighted by Crippen LogP contribution is 1.94. The molecule has 0 aromatic rings. The van der Waals surface area contributed by atoms with Gasteiger partial charge in [-0.15, -0.1) is 0 Å². The number of rotatable bonds is 7. The van der Waals surface area contributed by atoms with Gasteiger partial charge in [0, 0.05) is 20.2 Å². The van der Waals surface area contributed by atoms with Gasteiger partial charge < -0.3 is 20.9 Å². The second-order valence-electron chi connectivity index (χ2n) is 2.79. The summed E-state index contributed by atoms with van der Waals surface area (Å²) in [6.07, 6.45) is -0.224. The van der Waals surface area contributed by atoms with Crippen molar-refractivity contribution in [3.05, 3.63) is 0 Å². The lowest BCUT2D eigenvalue weighted by molar-refractivity contribution is -0.136. The Morgan fingerprint density at radius 1 is 1.57 bits per heavy atom. The number of aliphatic carboxylic acids is 1. The summed E-state index contributed by atoms with van der Waals surface area (Å²) < 4.78 is 4.90. The normalized spacial score (nSPS) is 12.1. The number of hydrogen-bond acceptors (Lipinski definition) is 4. The molecule has 1 amide bonds. The Kier molecular flexibility index (Phi) is 6.69. The Morgan fingerprint density at radius 3 is 2.64 bits per heavy atom. The molecule has 1 unspecified atom stereocenters. The van der Waals surface area contributed by atoms with Crippen molar-refractivity contribution in [2.24, 2.45) is 5.73 Å². The van der Waals surface area contributed by atoms with E-state index in [9.17, 15) is 9.59 Å². The highest BCUT2D eigenvalue weighted by atomic mass is 16.5. The van der Waals surface area contributed by atoms with Gasteiger partial charge in [-0.2, -0.15) is 0 Å². The largest absolute Gasteiger partial charge is 0.481 e. The molecule has 0 aliphatic rings. The van der Waals surface area contributed by atoms with E-state index in [1.54, 1.807) is 0 Å². The predicted octanol–water partition coefficient (Wildman–Crippen LogP) is -1.06. The van der Waals surface area contributed by atoms with Crippen molar-refractivity contribution >= 4 is 11.9 Å². The zero-order chi connectivity index (χ0) is 11.0. The molecule has 1 atom stereocenters. The first kappa shape index (κ1) is 12.9. The molecule has 0 saturated carbocycles. The van der Waals surface area contributed by atoms with Gasteiger partial charge in [0.25, 0.3) is 0 Å². The molecule has 4 N–H and O–H groups in total. The number of ether oxygens (including phenoxy) is 1. The van der Waals surface area contributed by atoms with E-state index < -0.39 is 5.97 Å². The first-order chi connectivity index (χ1) is 6.60. The summed E-state index contributed by atoms with van der Waals surface area (Å²) in [5.41, 5.74) is 5.31. The molecule has 0 bridgehead atoms. The second-order valence-corrected chi connectivity index (χ2v) is 2.79. The Hall–Kier alpha value is -1.14. The van der Waals surface area contributed by atoms with Crippen LogP contribution in [0.4, 0.5) is 0 Å². The summed E-state index contributed by atoms with van der Waals surface area (Å²) in [5.74, 6) is -1.18. The quantitative estimate of drug-likeness (QED) is 0.490. The number of hydrogen-bond donors (Lipinski definition) is 3. The minimum absolute atomic E-state index is 0.0774. The standard InChI is InChI=1S/C8H16N2O4/c1-14-6(5-9)4-7(11)10-3-2-8(12)13/h6H,2-5,9H2,1H3,(H,10,11)(H,12,13). The minimum atomic E-state index is -0.938. The lowest BCUT2D eigenvalue weighted by atomic mass is 10.2. The summed E-state index contributed by atoms with van der Waals surface area (Å²) in [6.45, 7) is 0.401. The van der Waals surface area contributed by atoms with Crippen LogP contribution in [0.1, 0.15) is 12.8 Å². The highest BCUT2D eigenvalue weighted by Gasteiger charge is 2.10. The maximum atomic E-state index is 11.1. The third-order valence-electron chi connectivity index (χ3n) is 1.67. The number of carbonyl (C=O) groups excluding carboxylic acids is 1. The van der Waals surface area contributed by atoms with Gasteiger partial charge in [-0.3, -0.25) is 9.59 Å². The average molecular weight is 204 g/mol.